The number of thioether (sulfide) groups is 1. The summed E-state index contributed by atoms with van der Waals surface area (Å²) in [6.07, 6.45) is 1.87. The molecule has 0 radical (unpaired) electrons. The molecule has 1 fully saturated rings. The Morgan fingerprint density at radius 2 is 2.05 bits per heavy atom. The number of nitrogens with one attached hydrogen (secondary N) is 1. The monoisotopic (exact) mass is 293 g/mol. The van der Waals surface area contributed by atoms with E-state index in [1.54, 1.807) is 11.8 Å². The summed E-state index contributed by atoms with van der Waals surface area (Å²) >= 11 is 1.65. The van der Waals surface area contributed by atoms with Gasteiger partial charge in [0.05, 0.1) is 11.9 Å². The molecule has 108 valence electrons. The smallest absolute Gasteiger partial charge is 0.333 e. The third-order valence-electron chi connectivity index (χ3n) is 3.54. The Bertz CT molecular complexity index is 483. The van der Waals surface area contributed by atoms with Crippen LogP contribution < -0.4 is 5.32 Å². The number of methoxy groups -OCH3 is 1. The first-order valence-electron chi connectivity index (χ1n) is 6.64. The lowest BCUT2D eigenvalue weighted by molar-refractivity contribution is -0.145. The highest BCUT2D eigenvalue weighted by molar-refractivity contribution is 8.01. The first-order chi connectivity index (χ1) is 9.57. The van der Waals surface area contributed by atoms with Crippen molar-refractivity contribution in [1.82, 2.24) is 5.32 Å². The molecular formula is C15H19NO3S. The Kier molecular flexibility index (Phi) is 4.70. The van der Waals surface area contributed by atoms with Gasteiger partial charge in [0.25, 0.3) is 0 Å². The number of benzene rings is 1. The van der Waals surface area contributed by atoms with E-state index in [1.165, 1.54) is 7.11 Å². The van der Waals surface area contributed by atoms with Crippen molar-refractivity contribution in [3.8, 4) is 0 Å². The molecular weight excluding hydrogens is 274 g/mol. The van der Waals surface area contributed by atoms with E-state index < -0.39 is 16.8 Å². The van der Waals surface area contributed by atoms with Crippen LogP contribution >= 0.6 is 11.8 Å². The number of esters is 1. The average molecular weight is 293 g/mol. The maximum absolute atomic E-state index is 12.4. The highest BCUT2D eigenvalue weighted by Crippen LogP contribution is 2.38. The Hall–Kier alpha value is -1.49. The van der Waals surface area contributed by atoms with Crippen LogP contribution in [-0.2, 0) is 14.3 Å². The maximum atomic E-state index is 12.4. The molecule has 1 aromatic rings. The minimum Gasteiger partial charge on any atom is -0.467 e. The van der Waals surface area contributed by atoms with Crippen LogP contribution in [0.3, 0.4) is 0 Å². The first kappa shape index (κ1) is 14.9. The molecule has 1 amide bonds. The van der Waals surface area contributed by atoms with Gasteiger partial charge >= 0.3 is 5.97 Å². The van der Waals surface area contributed by atoms with Gasteiger partial charge in [0.2, 0.25) is 5.91 Å². The number of ether oxygens (including phenoxy) is 1. The lowest BCUT2D eigenvalue weighted by Gasteiger charge is -2.25. The number of rotatable bonds is 4. The van der Waals surface area contributed by atoms with Crippen molar-refractivity contribution in [1.29, 1.82) is 0 Å². The summed E-state index contributed by atoms with van der Waals surface area (Å²) in [7, 11) is 1.33. The van der Waals surface area contributed by atoms with Gasteiger partial charge in [0.1, 0.15) is 0 Å². The lowest BCUT2D eigenvalue weighted by atomic mass is 10.0. The molecule has 0 spiro atoms. The van der Waals surface area contributed by atoms with E-state index in [9.17, 15) is 9.59 Å². The van der Waals surface area contributed by atoms with Crippen molar-refractivity contribution >= 4 is 23.6 Å². The number of hydrogen-bond acceptors (Lipinski definition) is 4. The number of amides is 1. The van der Waals surface area contributed by atoms with Crippen LogP contribution in [0.15, 0.2) is 30.3 Å². The van der Waals surface area contributed by atoms with E-state index in [0.717, 1.165) is 24.2 Å². The van der Waals surface area contributed by atoms with Crippen molar-refractivity contribution in [3.63, 3.8) is 0 Å². The Morgan fingerprint density at radius 3 is 2.60 bits per heavy atom. The summed E-state index contributed by atoms with van der Waals surface area (Å²) < 4.78 is 4.36. The highest BCUT2D eigenvalue weighted by atomic mass is 32.2. The van der Waals surface area contributed by atoms with Crippen LogP contribution in [0, 0.1) is 0 Å². The summed E-state index contributed by atoms with van der Waals surface area (Å²) in [6, 6.07) is 8.42. The van der Waals surface area contributed by atoms with Gasteiger partial charge in [-0.1, -0.05) is 30.3 Å². The molecule has 1 saturated heterocycles. The fourth-order valence-corrected chi connectivity index (χ4v) is 3.50. The Balaban J connectivity index is 2.16. The molecule has 2 rings (SSSR count). The lowest BCUT2D eigenvalue weighted by Crippen LogP contribution is -2.44. The minimum absolute atomic E-state index is 0.0979. The van der Waals surface area contributed by atoms with Crippen molar-refractivity contribution in [2.45, 2.75) is 30.6 Å². The van der Waals surface area contributed by atoms with Crippen molar-refractivity contribution in [2.24, 2.45) is 0 Å². The summed E-state index contributed by atoms with van der Waals surface area (Å²) in [4.78, 5) is 24.4. The molecule has 2 atom stereocenters. The second-order valence-electron chi connectivity index (χ2n) is 5.02. The molecule has 5 heteroatoms. The topological polar surface area (TPSA) is 55.4 Å². The molecule has 0 aromatic heterocycles. The predicted molar refractivity (Wildman–Crippen MR) is 79.4 cm³/mol. The largest absolute Gasteiger partial charge is 0.467 e. The fourth-order valence-electron chi connectivity index (χ4n) is 2.28. The van der Waals surface area contributed by atoms with Gasteiger partial charge in [-0.15, -0.1) is 11.8 Å². The van der Waals surface area contributed by atoms with Gasteiger partial charge in [-0.2, -0.15) is 0 Å². The Morgan fingerprint density at radius 1 is 1.35 bits per heavy atom. The SMILES string of the molecule is COC(=O)C(NC(=O)C1(C)CCCS1)c1ccccc1. The molecule has 1 N–H and O–H groups in total. The van der Waals surface area contributed by atoms with Crippen molar-refractivity contribution in [2.75, 3.05) is 12.9 Å². The van der Waals surface area contributed by atoms with Crippen LogP contribution in [0.5, 0.6) is 0 Å². The van der Waals surface area contributed by atoms with E-state index in [4.69, 9.17) is 4.74 Å². The third kappa shape index (κ3) is 3.15. The second-order valence-corrected chi connectivity index (χ2v) is 6.62. The molecule has 0 aliphatic carbocycles. The summed E-state index contributed by atoms with van der Waals surface area (Å²) in [5.41, 5.74) is 0.735. The summed E-state index contributed by atoms with van der Waals surface area (Å²) in [5.74, 6) is 0.438. The zero-order valence-corrected chi connectivity index (χ0v) is 12.5. The standard InChI is InChI=1S/C15H19NO3S/c1-15(9-6-10-20-15)14(18)16-12(13(17)19-2)11-7-4-3-5-8-11/h3-5,7-8,12H,6,9-10H2,1-2H3,(H,16,18). The molecule has 0 bridgehead atoms. The summed E-state index contributed by atoms with van der Waals surface area (Å²) in [6.45, 7) is 1.93. The molecule has 0 saturated carbocycles. The zero-order valence-electron chi connectivity index (χ0n) is 11.7. The zero-order chi connectivity index (χ0) is 14.6. The van der Waals surface area contributed by atoms with E-state index >= 15 is 0 Å². The molecule has 4 nitrogen and oxygen atoms in total. The number of carbonyl (C=O) groups is 2. The fraction of sp³-hybridized carbons (Fsp3) is 0.467. The van der Waals surface area contributed by atoms with Gasteiger partial charge in [-0.3, -0.25) is 4.79 Å². The van der Waals surface area contributed by atoms with Crippen LogP contribution in [0.4, 0.5) is 0 Å². The van der Waals surface area contributed by atoms with Crippen LogP contribution in [0.25, 0.3) is 0 Å². The van der Waals surface area contributed by atoms with Gasteiger partial charge in [-0.05, 0) is 31.1 Å². The normalized spacial score (nSPS) is 23.1. The highest BCUT2D eigenvalue weighted by Gasteiger charge is 2.39. The van der Waals surface area contributed by atoms with Crippen molar-refractivity contribution in [3.05, 3.63) is 35.9 Å². The quantitative estimate of drug-likeness (QED) is 0.866. The Labute approximate surface area is 123 Å². The first-order valence-corrected chi connectivity index (χ1v) is 7.63. The second kappa shape index (κ2) is 6.31. The van der Waals surface area contributed by atoms with E-state index in [2.05, 4.69) is 5.32 Å². The van der Waals surface area contributed by atoms with E-state index in [0.29, 0.717) is 0 Å². The molecule has 1 aliphatic heterocycles. The third-order valence-corrected chi connectivity index (χ3v) is 5.06. The molecule has 1 aromatic carbocycles. The van der Waals surface area contributed by atoms with Crippen LogP contribution in [0.1, 0.15) is 31.4 Å². The van der Waals surface area contributed by atoms with Gasteiger partial charge in [0, 0.05) is 0 Å². The molecule has 2 unspecified atom stereocenters. The molecule has 1 heterocycles. The van der Waals surface area contributed by atoms with Crippen LogP contribution in [-0.4, -0.2) is 29.5 Å². The van der Waals surface area contributed by atoms with E-state index in [-0.39, 0.29) is 5.91 Å². The van der Waals surface area contributed by atoms with Gasteiger partial charge < -0.3 is 10.1 Å². The molecule has 1 aliphatic rings. The summed E-state index contributed by atoms with van der Waals surface area (Å²) in [5, 5.41) is 2.83. The minimum atomic E-state index is -0.744. The van der Waals surface area contributed by atoms with Gasteiger partial charge in [-0.25, -0.2) is 4.79 Å². The average Bonchev–Trinajstić information content (AvgIpc) is 2.93. The molecule has 20 heavy (non-hydrogen) atoms. The number of carbonyl (C=O) groups excluding carboxylic acids is 2. The maximum Gasteiger partial charge on any atom is 0.333 e. The number of hydrogen-bond donors (Lipinski definition) is 1. The predicted octanol–water partition coefficient (Wildman–Crippen LogP) is 2.30. The van der Waals surface area contributed by atoms with Crippen molar-refractivity contribution < 1.29 is 14.3 Å². The van der Waals surface area contributed by atoms with E-state index in [1.807, 2.05) is 37.3 Å². The van der Waals surface area contributed by atoms with Crippen LogP contribution in [0.2, 0.25) is 0 Å². The van der Waals surface area contributed by atoms with Gasteiger partial charge in [0.15, 0.2) is 6.04 Å².